The third kappa shape index (κ3) is 5.98. The summed E-state index contributed by atoms with van der Waals surface area (Å²) in [6.07, 6.45) is 9.43. The molecule has 0 bridgehead atoms. The lowest BCUT2D eigenvalue weighted by Crippen LogP contribution is -2.04. The normalized spacial score (nSPS) is 14.7. The second-order valence-electron chi connectivity index (χ2n) is 14.1. The highest BCUT2D eigenvalue weighted by molar-refractivity contribution is 6.10. The van der Waals surface area contributed by atoms with E-state index >= 15 is 0 Å². The average molecular weight is 811 g/mol. The van der Waals surface area contributed by atoms with Crippen molar-refractivity contribution in [1.82, 2.24) is 39.5 Å². The standard InChI is InChI=1S/C53H32N8O/c1-5-19-46-41(13-1)42-14-2-6-20-47(42)61(46)48-21-7-3-16-45(48)53-59-51(34-12-9-11-33(23-34)40-17-10-18-44-43-15-4-8-22-49(43)62-50(40)44)58-52(60-53)37-25-35(38-27-54-31-55-28-38)24-36(26-37)39-29-56-32-57-30-39/h1-32H/i1D,2D,4D,5D,8D,10D,13D,14D,15D,17D,18D,19D,20D,22D. The quantitative estimate of drug-likeness (QED) is 0.157. The van der Waals surface area contributed by atoms with E-state index in [9.17, 15) is 4.11 Å². The Balaban J connectivity index is 1.15. The molecule has 0 fully saturated rings. The van der Waals surface area contributed by atoms with Crippen LogP contribution in [0.5, 0.6) is 0 Å². The van der Waals surface area contributed by atoms with Gasteiger partial charge in [-0.15, -0.1) is 0 Å². The summed E-state index contributed by atoms with van der Waals surface area (Å²) in [5.74, 6) is 0.245. The van der Waals surface area contributed by atoms with Gasteiger partial charge in [0, 0.05) is 79.7 Å². The van der Waals surface area contributed by atoms with Crippen LogP contribution in [0.2, 0.25) is 0 Å². The maximum atomic E-state index is 9.23. The van der Waals surface area contributed by atoms with Crippen LogP contribution in [0.3, 0.4) is 0 Å². The predicted molar refractivity (Wildman–Crippen MR) is 245 cm³/mol. The monoisotopic (exact) mass is 810 g/mol. The molecule has 62 heavy (non-hydrogen) atoms. The van der Waals surface area contributed by atoms with Gasteiger partial charge in [-0.2, -0.15) is 0 Å². The minimum atomic E-state index is -0.552. The molecule has 9 heteroatoms. The van der Waals surface area contributed by atoms with E-state index in [2.05, 4.69) is 19.9 Å². The molecule has 290 valence electrons. The van der Waals surface area contributed by atoms with Crippen LogP contribution in [0.1, 0.15) is 19.2 Å². The molecule has 9 nitrogen and oxygen atoms in total. The zero-order valence-corrected chi connectivity index (χ0v) is 31.9. The Morgan fingerprint density at radius 1 is 0.419 bits per heavy atom. The SMILES string of the molecule is [2H]c1cc([2H])c2c(c1[2H])c1c([2H])c([2H])c([2H])c([2H])c1n2-c1ccccc1-c1nc(-c2cc(-c3cncnc3)cc(-c3cncnc3)c2)nc(-c2cccc(-c3c([2H])c([2H])c([2H])c4c3oc3c([2H])c([2H])c([2H])c([2H])c34)c2)n1. The molecule has 0 radical (unpaired) electrons. The van der Waals surface area contributed by atoms with Gasteiger partial charge in [0.1, 0.15) is 23.8 Å². The highest BCUT2D eigenvalue weighted by Gasteiger charge is 2.21. The molecule has 0 amide bonds. The minimum Gasteiger partial charge on any atom is -0.455 e. The van der Waals surface area contributed by atoms with Gasteiger partial charge in [-0.3, -0.25) is 0 Å². The van der Waals surface area contributed by atoms with Gasteiger partial charge in [0.25, 0.3) is 0 Å². The van der Waals surface area contributed by atoms with E-state index in [0.29, 0.717) is 44.5 Å². The minimum absolute atomic E-state index is 0.0120. The smallest absolute Gasteiger partial charge is 0.166 e. The first-order valence-electron chi connectivity index (χ1n) is 26.1. The lowest BCUT2D eigenvalue weighted by atomic mass is 9.98. The molecule has 12 rings (SSSR count). The Bertz CT molecular complexity index is 4420. The fourth-order valence-electron chi connectivity index (χ4n) is 7.65. The third-order valence-corrected chi connectivity index (χ3v) is 10.4. The Morgan fingerprint density at radius 3 is 1.81 bits per heavy atom. The van der Waals surface area contributed by atoms with E-state index < -0.39 is 66.5 Å². The van der Waals surface area contributed by atoms with Crippen LogP contribution in [-0.2, 0) is 0 Å². The van der Waals surface area contributed by atoms with Crippen molar-refractivity contribution in [1.29, 1.82) is 0 Å². The first-order chi connectivity index (χ1) is 36.5. The van der Waals surface area contributed by atoms with E-state index in [1.165, 1.54) is 23.3 Å². The van der Waals surface area contributed by atoms with Gasteiger partial charge < -0.3 is 8.98 Å². The number of para-hydroxylation sites is 5. The Morgan fingerprint density at radius 2 is 1.02 bits per heavy atom. The number of rotatable bonds is 7. The molecule has 0 aliphatic rings. The van der Waals surface area contributed by atoms with Gasteiger partial charge in [0.2, 0.25) is 0 Å². The lowest BCUT2D eigenvalue weighted by Gasteiger charge is -2.15. The van der Waals surface area contributed by atoms with Gasteiger partial charge >= 0.3 is 0 Å². The number of aromatic nitrogens is 8. The van der Waals surface area contributed by atoms with Crippen LogP contribution in [-0.4, -0.2) is 39.5 Å². The topological polar surface area (TPSA) is 108 Å². The third-order valence-electron chi connectivity index (χ3n) is 10.4. The van der Waals surface area contributed by atoms with Crippen molar-refractivity contribution in [3.05, 3.63) is 195 Å². The molecule has 0 N–H and O–H groups in total. The summed E-state index contributed by atoms with van der Waals surface area (Å²) >= 11 is 0. The van der Waals surface area contributed by atoms with Crippen molar-refractivity contribution < 1.29 is 23.6 Å². The van der Waals surface area contributed by atoms with Gasteiger partial charge in [0.05, 0.1) is 35.9 Å². The largest absolute Gasteiger partial charge is 0.455 e. The van der Waals surface area contributed by atoms with E-state index in [4.69, 9.17) is 34.4 Å². The zero-order valence-electron chi connectivity index (χ0n) is 45.9. The number of benzene rings is 7. The van der Waals surface area contributed by atoms with Gasteiger partial charge in [-0.05, 0) is 71.2 Å². The van der Waals surface area contributed by atoms with E-state index in [1.54, 1.807) is 73.3 Å². The van der Waals surface area contributed by atoms with Crippen LogP contribution in [0.25, 0.3) is 117 Å². The van der Waals surface area contributed by atoms with Crippen molar-refractivity contribution in [2.24, 2.45) is 0 Å². The molecule has 0 atom stereocenters. The van der Waals surface area contributed by atoms with Gasteiger partial charge in [0.15, 0.2) is 17.5 Å². The van der Waals surface area contributed by atoms with Crippen molar-refractivity contribution in [2.75, 3.05) is 0 Å². The Kier molecular flexibility index (Phi) is 5.58. The second-order valence-corrected chi connectivity index (χ2v) is 14.1. The summed E-state index contributed by atoms with van der Waals surface area (Å²) in [4.78, 5) is 32.3. The molecule has 12 aromatic rings. The summed E-state index contributed by atoms with van der Waals surface area (Å²) in [6, 6.07) is 14.0. The number of hydrogen-bond acceptors (Lipinski definition) is 8. The fourth-order valence-corrected chi connectivity index (χ4v) is 7.65. The molecule has 0 unspecified atom stereocenters. The maximum absolute atomic E-state index is 9.23. The number of furan rings is 1. The summed E-state index contributed by atoms with van der Waals surface area (Å²) < 4.78 is 131. The number of nitrogens with zero attached hydrogens (tertiary/aromatic N) is 8. The molecule has 0 saturated carbocycles. The van der Waals surface area contributed by atoms with Crippen LogP contribution < -0.4 is 0 Å². The van der Waals surface area contributed by atoms with Crippen LogP contribution in [0, 0.1) is 0 Å². The number of fused-ring (bicyclic) bond motifs is 6. The second kappa shape index (κ2) is 14.5. The van der Waals surface area contributed by atoms with Crippen LogP contribution >= 0.6 is 0 Å². The molecule has 5 aromatic heterocycles. The van der Waals surface area contributed by atoms with Crippen LogP contribution in [0.4, 0.5) is 0 Å². The first kappa shape index (κ1) is 23.8. The van der Waals surface area contributed by atoms with Crippen molar-refractivity contribution in [3.8, 4) is 73.2 Å². The Labute approximate surface area is 374 Å². The lowest BCUT2D eigenvalue weighted by molar-refractivity contribution is 0.670. The van der Waals surface area contributed by atoms with Crippen molar-refractivity contribution in [3.63, 3.8) is 0 Å². The molecule has 7 aromatic carbocycles. The molecule has 0 spiro atoms. The van der Waals surface area contributed by atoms with E-state index in [1.807, 2.05) is 18.2 Å². The molecule has 5 heterocycles. The number of hydrogen-bond donors (Lipinski definition) is 0. The zero-order chi connectivity index (χ0) is 53.2. The summed E-state index contributed by atoms with van der Waals surface area (Å²) in [5, 5.41) is -0.211. The Hall–Kier alpha value is -8.69. The van der Waals surface area contributed by atoms with Crippen molar-refractivity contribution in [2.45, 2.75) is 0 Å². The predicted octanol–water partition coefficient (Wildman–Crippen LogP) is 12.5. The highest BCUT2D eigenvalue weighted by atomic mass is 16.3. The molecule has 0 aliphatic carbocycles. The molecular formula is C53H32N8O. The first-order valence-corrected chi connectivity index (χ1v) is 19.1. The molecular weight excluding hydrogens is 765 g/mol. The summed E-state index contributed by atoms with van der Waals surface area (Å²) in [7, 11) is 0. The maximum Gasteiger partial charge on any atom is 0.166 e. The van der Waals surface area contributed by atoms with E-state index in [0.717, 1.165) is 0 Å². The van der Waals surface area contributed by atoms with Gasteiger partial charge in [-0.25, -0.2) is 34.9 Å². The van der Waals surface area contributed by atoms with E-state index in [-0.39, 0.29) is 90.6 Å². The van der Waals surface area contributed by atoms with Crippen LogP contribution in [0.15, 0.2) is 199 Å². The summed E-state index contributed by atoms with van der Waals surface area (Å²) in [5.41, 5.74) is 4.04. The molecule has 0 saturated heterocycles. The fraction of sp³-hybridized carbons (Fsp3) is 0. The van der Waals surface area contributed by atoms with Crippen molar-refractivity contribution >= 4 is 43.7 Å². The molecule has 0 aliphatic heterocycles. The van der Waals surface area contributed by atoms with Gasteiger partial charge in [-0.1, -0.05) is 103 Å². The average Bonchev–Trinajstić information content (AvgIpc) is 4.26. The highest BCUT2D eigenvalue weighted by Crippen LogP contribution is 2.39. The summed E-state index contributed by atoms with van der Waals surface area (Å²) in [6.45, 7) is 0.